The van der Waals surface area contributed by atoms with E-state index in [-0.39, 0.29) is 0 Å². The molecule has 0 N–H and O–H groups in total. The third-order valence-electron chi connectivity index (χ3n) is 3.48. The molecule has 2 aromatic rings. The monoisotopic (exact) mass is 257 g/mol. The van der Waals surface area contributed by atoms with Gasteiger partial charge in [0.25, 0.3) is 0 Å². The summed E-state index contributed by atoms with van der Waals surface area (Å²) in [6, 6.07) is 8.59. The Hall–Kier alpha value is -1.45. The number of hydrogen-bond donors (Lipinski definition) is 0. The molecule has 19 heavy (non-hydrogen) atoms. The molecular formula is C16H23N3. The van der Waals surface area contributed by atoms with Gasteiger partial charge in [0, 0.05) is 37.4 Å². The lowest BCUT2D eigenvalue weighted by Crippen LogP contribution is -2.31. The number of rotatable bonds is 6. The van der Waals surface area contributed by atoms with Gasteiger partial charge in [-0.15, -0.1) is 0 Å². The lowest BCUT2D eigenvalue weighted by Gasteiger charge is -2.23. The first-order valence-electron chi connectivity index (χ1n) is 6.89. The van der Waals surface area contributed by atoms with Crippen LogP contribution in [-0.4, -0.2) is 48.5 Å². The van der Waals surface area contributed by atoms with E-state index in [1.54, 1.807) is 0 Å². The fraction of sp³-hybridized carbons (Fsp3) is 0.438. The molecule has 0 atom stereocenters. The normalized spacial score (nSPS) is 11.6. The minimum Gasteiger partial charge on any atom is -0.308 e. The van der Waals surface area contributed by atoms with Crippen molar-refractivity contribution >= 4 is 10.8 Å². The molecule has 0 aliphatic rings. The number of aromatic nitrogens is 1. The fourth-order valence-electron chi connectivity index (χ4n) is 2.26. The van der Waals surface area contributed by atoms with Gasteiger partial charge < -0.3 is 4.90 Å². The number of hydrogen-bond acceptors (Lipinski definition) is 3. The molecule has 2 rings (SSSR count). The van der Waals surface area contributed by atoms with Crippen LogP contribution < -0.4 is 0 Å². The number of benzene rings is 1. The molecule has 102 valence electrons. The maximum absolute atomic E-state index is 4.19. The van der Waals surface area contributed by atoms with Crippen molar-refractivity contribution in [2.24, 2.45) is 0 Å². The summed E-state index contributed by atoms with van der Waals surface area (Å²) in [5.74, 6) is 0. The molecule has 1 heterocycles. The maximum Gasteiger partial charge on any atom is 0.0346 e. The van der Waals surface area contributed by atoms with Crippen LogP contribution >= 0.6 is 0 Å². The SMILES string of the molecule is CCN(CCN(C)C)Cc1cccc2cnccc12. The first-order valence-corrected chi connectivity index (χ1v) is 6.89. The van der Waals surface area contributed by atoms with Crippen LogP contribution in [0.3, 0.4) is 0 Å². The molecule has 0 unspecified atom stereocenters. The van der Waals surface area contributed by atoms with Gasteiger partial charge >= 0.3 is 0 Å². The summed E-state index contributed by atoms with van der Waals surface area (Å²) < 4.78 is 0. The summed E-state index contributed by atoms with van der Waals surface area (Å²) in [4.78, 5) is 8.91. The van der Waals surface area contributed by atoms with Gasteiger partial charge in [-0.2, -0.15) is 0 Å². The van der Waals surface area contributed by atoms with Gasteiger partial charge in [0.15, 0.2) is 0 Å². The Balaban J connectivity index is 2.15. The van der Waals surface area contributed by atoms with E-state index >= 15 is 0 Å². The summed E-state index contributed by atoms with van der Waals surface area (Å²) >= 11 is 0. The quantitative estimate of drug-likeness (QED) is 0.793. The van der Waals surface area contributed by atoms with Gasteiger partial charge in [0.05, 0.1) is 0 Å². The van der Waals surface area contributed by atoms with Gasteiger partial charge in [-0.1, -0.05) is 25.1 Å². The van der Waals surface area contributed by atoms with Crippen LogP contribution in [0.4, 0.5) is 0 Å². The molecule has 1 aromatic heterocycles. The highest BCUT2D eigenvalue weighted by Crippen LogP contribution is 2.18. The predicted molar refractivity (Wildman–Crippen MR) is 81.2 cm³/mol. The Labute approximate surface area is 115 Å². The van der Waals surface area contributed by atoms with Crippen LogP contribution in [0.15, 0.2) is 36.7 Å². The molecule has 3 heteroatoms. The molecule has 0 saturated heterocycles. The third-order valence-corrected chi connectivity index (χ3v) is 3.48. The molecular weight excluding hydrogens is 234 g/mol. The van der Waals surface area contributed by atoms with Crippen LogP contribution in [0.5, 0.6) is 0 Å². The van der Waals surface area contributed by atoms with Crippen LogP contribution in [0.2, 0.25) is 0 Å². The number of likely N-dealkylation sites (N-methyl/N-ethyl adjacent to an activating group) is 2. The Morgan fingerprint density at radius 3 is 2.68 bits per heavy atom. The van der Waals surface area contributed by atoms with Crippen molar-refractivity contribution in [2.45, 2.75) is 13.5 Å². The number of nitrogens with zero attached hydrogens (tertiary/aromatic N) is 3. The van der Waals surface area contributed by atoms with E-state index in [1.807, 2.05) is 12.4 Å². The van der Waals surface area contributed by atoms with Crippen LogP contribution in [-0.2, 0) is 6.54 Å². The van der Waals surface area contributed by atoms with E-state index in [2.05, 4.69) is 60.1 Å². The van der Waals surface area contributed by atoms with Crippen molar-refractivity contribution < 1.29 is 0 Å². The number of pyridine rings is 1. The highest BCUT2D eigenvalue weighted by atomic mass is 15.2. The van der Waals surface area contributed by atoms with Crippen molar-refractivity contribution in [3.8, 4) is 0 Å². The number of fused-ring (bicyclic) bond motifs is 1. The summed E-state index contributed by atoms with van der Waals surface area (Å²) in [5, 5.41) is 2.55. The van der Waals surface area contributed by atoms with Crippen molar-refractivity contribution in [3.63, 3.8) is 0 Å². The molecule has 0 amide bonds. The van der Waals surface area contributed by atoms with Crippen LogP contribution in [0.1, 0.15) is 12.5 Å². The lowest BCUT2D eigenvalue weighted by molar-refractivity contribution is 0.245. The van der Waals surface area contributed by atoms with Crippen molar-refractivity contribution in [3.05, 3.63) is 42.2 Å². The second-order valence-corrected chi connectivity index (χ2v) is 5.19. The van der Waals surface area contributed by atoms with E-state index in [1.165, 1.54) is 16.3 Å². The second-order valence-electron chi connectivity index (χ2n) is 5.19. The van der Waals surface area contributed by atoms with Gasteiger partial charge in [-0.3, -0.25) is 9.88 Å². The summed E-state index contributed by atoms with van der Waals surface area (Å²) in [5.41, 5.74) is 1.39. The van der Waals surface area contributed by atoms with Gasteiger partial charge in [0.1, 0.15) is 0 Å². The summed E-state index contributed by atoms with van der Waals surface area (Å²) in [6.07, 6.45) is 3.82. The molecule has 3 nitrogen and oxygen atoms in total. The molecule has 0 spiro atoms. The van der Waals surface area contributed by atoms with E-state index in [4.69, 9.17) is 0 Å². The predicted octanol–water partition coefficient (Wildman–Crippen LogP) is 2.62. The van der Waals surface area contributed by atoms with Gasteiger partial charge in [-0.05, 0) is 37.7 Å². The highest BCUT2D eigenvalue weighted by molar-refractivity contribution is 5.84. The Bertz CT molecular complexity index is 517. The van der Waals surface area contributed by atoms with Gasteiger partial charge in [0.2, 0.25) is 0 Å². The molecule has 0 aliphatic carbocycles. The zero-order valence-corrected chi connectivity index (χ0v) is 12.1. The maximum atomic E-state index is 4.19. The smallest absolute Gasteiger partial charge is 0.0346 e. The second kappa shape index (κ2) is 6.64. The Morgan fingerprint density at radius 1 is 1.11 bits per heavy atom. The summed E-state index contributed by atoms with van der Waals surface area (Å²) in [7, 11) is 4.24. The van der Waals surface area contributed by atoms with E-state index in [0.717, 1.165) is 26.2 Å². The topological polar surface area (TPSA) is 19.4 Å². The molecule has 0 radical (unpaired) electrons. The van der Waals surface area contributed by atoms with Crippen LogP contribution in [0.25, 0.3) is 10.8 Å². The average Bonchev–Trinajstić information content (AvgIpc) is 2.43. The van der Waals surface area contributed by atoms with Crippen molar-refractivity contribution in [2.75, 3.05) is 33.7 Å². The highest BCUT2D eigenvalue weighted by Gasteiger charge is 2.07. The third kappa shape index (κ3) is 3.75. The largest absolute Gasteiger partial charge is 0.308 e. The fourth-order valence-corrected chi connectivity index (χ4v) is 2.26. The van der Waals surface area contributed by atoms with Crippen molar-refractivity contribution in [1.29, 1.82) is 0 Å². The Kier molecular flexibility index (Phi) is 4.88. The molecule has 0 fully saturated rings. The molecule has 0 bridgehead atoms. The minimum atomic E-state index is 1.01. The molecule has 0 aliphatic heterocycles. The van der Waals surface area contributed by atoms with Gasteiger partial charge in [-0.25, -0.2) is 0 Å². The standard InChI is InChI=1S/C16H23N3/c1-4-19(11-10-18(2)3)13-15-7-5-6-14-12-17-9-8-16(14)15/h5-9,12H,4,10-11,13H2,1-3H3. The first-order chi connectivity index (χ1) is 9.20. The van der Waals surface area contributed by atoms with Crippen LogP contribution in [0, 0.1) is 0 Å². The molecule has 1 aromatic carbocycles. The van der Waals surface area contributed by atoms with E-state index in [9.17, 15) is 0 Å². The van der Waals surface area contributed by atoms with Crippen molar-refractivity contribution in [1.82, 2.24) is 14.8 Å². The molecule has 0 saturated carbocycles. The average molecular weight is 257 g/mol. The summed E-state index contributed by atoms with van der Waals surface area (Å²) in [6.45, 7) is 6.51. The first kappa shape index (κ1) is 14.0. The zero-order chi connectivity index (χ0) is 13.7. The minimum absolute atomic E-state index is 1.01. The Morgan fingerprint density at radius 2 is 1.95 bits per heavy atom. The van der Waals surface area contributed by atoms with E-state index < -0.39 is 0 Å². The van der Waals surface area contributed by atoms with E-state index in [0.29, 0.717) is 0 Å². The lowest BCUT2D eigenvalue weighted by atomic mass is 10.1. The zero-order valence-electron chi connectivity index (χ0n) is 12.1.